The standard InChI is InChI=1S/C22H23N7O3/c1-15-2-5-17(6-3-15)24-20-25-21(27-22(26-20)29-8-10-30-11-9-29)28-23-13-16-4-7-18-19(12-16)32-14-31-18/h2-7,12H,8-11,13-14H2,1H3,(H,24,25,26,27). The monoisotopic (exact) mass is 433 g/mol. The molecule has 1 saturated heterocycles. The van der Waals surface area contributed by atoms with Crippen molar-refractivity contribution in [2.24, 2.45) is 10.2 Å². The van der Waals surface area contributed by atoms with Crippen LogP contribution in [0, 0.1) is 6.92 Å². The molecule has 2 aliphatic heterocycles. The molecule has 2 aliphatic rings. The number of nitrogens with one attached hydrogen (secondary N) is 1. The minimum Gasteiger partial charge on any atom is -0.454 e. The van der Waals surface area contributed by atoms with Gasteiger partial charge in [-0.3, -0.25) is 0 Å². The number of ether oxygens (including phenoxy) is 3. The molecule has 3 aromatic rings. The van der Waals surface area contributed by atoms with E-state index in [1.165, 1.54) is 5.56 Å². The average molecular weight is 433 g/mol. The van der Waals surface area contributed by atoms with Crippen molar-refractivity contribution >= 4 is 23.5 Å². The van der Waals surface area contributed by atoms with Crippen LogP contribution in [0.2, 0.25) is 0 Å². The molecule has 10 heteroatoms. The smallest absolute Gasteiger partial charge is 0.275 e. The Hall–Kier alpha value is -3.79. The van der Waals surface area contributed by atoms with Crippen LogP contribution < -0.4 is 19.7 Å². The fraction of sp³-hybridized carbons (Fsp3) is 0.318. The minimum atomic E-state index is 0.242. The molecule has 0 aliphatic carbocycles. The molecule has 0 amide bonds. The Labute approximate surface area is 185 Å². The maximum absolute atomic E-state index is 5.44. The van der Waals surface area contributed by atoms with Crippen LogP contribution in [0.4, 0.5) is 23.5 Å². The van der Waals surface area contributed by atoms with Gasteiger partial charge in [0, 0.05) is 18.8 Å². The maximum Gasteiger partial charge on any atom is 0.275 e. The number of azo groups is 1. The summed E-state index contributed by atoms with van der Waals surface area (Å²) in [7, 11) is 0. The molecule has 0 bridgehead atoms. The van der Waals surface area contributed by atoms with E-state index >= 15 is 0 Å². The molecule has 0 spiro atoms. The number of aryl methyl sites for hydroxylation is 1. The summed E-state index contributed by atoms with van der Waals surface area (Å²) >= 11 is 0. The third-order valence-electron chi connectivity index (χ3n) is 5.06. The third-order valence-corrected chi connectivity index (χ3v) is 5.06. The third kappa shape index (κ3) is 4.75. The summed E-state index contributed by atoms with van der Waals surface area (Å²) in [6.07, 6.45) is 0. The molecule has 1 aromatic heterocycles. The summed E-state index contributed by atoms with van der Waals surface area (Å²) in [5.41, 5.74) is 3.02. The first-order valence-electron chi connectivity index (χ1n) is 10.4. The van der Waals surface area contributed by atoms with Crippen LogP contribution in [0.5, 0.6) is 11.5 Å². The molecule has 10 nitrogen and oxygen atoms in total. The van der Waals surface area contributed by atoms with E-state index in [4.69, 9.17) is 14.2 Å². The summed E-state index contributed by atoms with van der Waals surface area (Å²) in [6.45, 7) is 5.34. The van der Waals surface area contributed by atoms with Crippen molar-refractivity contribution in [3.05, 3.63) is 53.6 Å². The maximum atomic E-state index is 5.44. The van der Waals surface area contributed by atoms with Crippen LogP contribution >= 0.6 is 0 Å². The van der Waals surface area contributed by atoms with Crippen LogP contribution in [-0.4, -0.2) is 48.0 Å². The molecule has 3 heterocycles. The number of morpholine rings is 1. The largest absolute Gasteiger partial charge is 0.454 e. The summed E-state index contributed by atoms with van der Waals surface area (Å²) in [4.78, 5) is 15.6. The molecule has 0 saturated carbocycles. The van der Waals surface area contributed by atoms with E-state index in [9.17, 15) is 0 Å². The van der Waals surface area contributed by atoms with Crippen LogP contribution in [0.25, 0.3) is 0 Å². The number of aromatic nitrogens is 3. The van der Waals surface area contributed by atoms with E-state index in [-0.39, 0.29) is 12.7 Å². The van der Waals surface area contributed by atoms with Gasteiger partial charge in [-0.25, -0.2) is 0 Å². The number of hydrogen-bond acceptors (Lipinski definition) is 10. The first-order chi connectivity index (χ1) is 15.7. The fourth-order valence-electron chi connectivity index (χ4n) is 3.34. The van der Waals surface area contributed by atoms with Crippen molar-refractivity contribution in [3.8, 4) is 11.5 Å². The molecule has 5 rings (SSSR count). The highest BCUT2D eigenvalue weighted by molar-refractivity contribution is 5.55. The van der Waals surface area contributed by atoms with E-state index in [2.05, 4.69) is 35.4 Å². The summed E-state index contributed by atoms with van der Waals surface area (Å²) < 4.78 is 16.2. The highest BCUT2D eigenvalue weighted by atomic mass is 16.7. The Balaban J connectivity index is 1.37. The van der Waals surface area contributed by atoms with Crippen molar-refractivity contribution in [2.75, 3.05) is 43.3 Å². The molecular weight excluding hydrogens is 410 g/mol. The zero-order valence-corrected chi connectivity index (χ0v) is 17.7. The zero-order valence-electron chi connectivity index (χ0n) is 17.7. The van der Waals surface area contributed by atoms with Gasteiger partial charge in [0.2, 0.25) is 18.7 Å². The fourth-order valence-corrected chi connectivity index (χ4v) is 3.34. The lowest BCUT2D eigenvalue weighted by Gasteiger charge is -2.26. The molecule has 32 heavy (non-hydrogen) atoms. The number of rotatable bonds is 6. The molecule has 2 aromatic carbocycles. The number of nitrogens with zero attached hydrogens (tertiary/aromatic N) is 6. The first kappa shape index (κ1) is 20.1. The van der Waals surface area contributed by atoms with Gasteiger partial charge in [0.25, 0.3) is 5.95 Å². The lowest BCUT2D eigenvalue weighted by Crippen LogP contribution is -2.37. The van der Waals surface area contributed by atoms with E-state index in [1.54, 1.807) is 0 Å². The zero-order chi connectivity index (χ0) is 21.8. The van der Waals surface area contributed by atoms with Crippen molar-refractivity contribution < 1.29 is 14.2 Å². The predicted octanol–water partition coefficient (Wildman–Crippen LogP) is 3.77. The van der Waals surface area contributed by atoms with Crippen molar-refractivity contribution in [1.29, 1.82) is 0 Å². The molecule has 164 valence electrons. The highest BCUT2D eigenvalue weighted by Crippen LogP contribution is 2.32. The Morgan fingerprint density at radius 2 is 1.78 bits per heavy atom. The lowest BCUT2D eigenvalue weighted by molar-refractivity contribution is 0.122. The van der Waals surface area contributed by atoms with Gasteiger partial charge in [-0.2, -0.15) is 20.1 Å². The number of anilines is 3. The van der Waals surface area contributed by atoms with Crippen LogP contribution in [0.15, 0.2) is 52.7 Å². The Morgan fingerprint density at radius 3 is 2.62 bits per heavy atom. The summed E-state index contributed by atoms with van der Waals surface area (Å²) in [6, 6.07) is 13.7. The SMILES string of the molecule is Cc1ccc(Nc2nc(N=NCc3ccc4c(c3)OCO4)nc(N3CCOCC3)n2)cc1. The van der Waals surface area contributed by atoms with E-state index < -0.39 is 0 Å². The highest BCUT2D eigenvalue weighted by Gasteiger charge is 2.17. The second-order valence-corrected chi connectivity index (χ2v) is 7.44. The second kappa shape index (κ2) is 9.15. The van der Waals surface area contributed by atoms with Crippen molar-refractivity contribution in [2.45, 2.75) is 13.5 Å². The van der Waals surface area contributed by atoms with Crippen LogP contribution in [0.3, 0.4) is 0 Å². The first-order valence-corrected chi connectivity index (χ1v) is 10.4. The van der Waals surface area contributed by atoms with Gasteiger partial charge in [-0.05, 0) is 36.8 Å². The van der Waals surface area contributed by atoms with Crippen molar-refractivity contribution in [1.82, 2.24) is 15.0 Å². The Morgan fingerprint density at radius 1 is 0.969 bits per heavy atom. The second-order valence-electron chi connectivity index (χ2n) is 7.44. The van der Waals surface area contributed by atoms with Gasteiger partial charge < -0.3 is 24.4 Å². The lowest BCUT2D eigenvalue weighted by atomic mass is 10.2. The van der Waals surface area contributed by atoms with Gasteiger partial charge >= 0.3 is 0 Å². The Bertz CT molecular complexity index is 1120. The average Bonchev–Trinajstić information content (AvgIpc) is 3.29. The van der Waals surface area contributed by atoms with E-state index in [1.807, 2.05) is 49.4 Å². The van der Waals surface area contributed by atoms with Gasteiger partial charge in [0.05, 0.1) is 19.8 Å². The molecule has 1 N–H and O–H groups in total. The topological polar surface area (TPSA) is 106 Å². The van der Waals surface area contributed by atoms with E-state index in [0.717, 1.165) is 22.7 Å². The molecule has 0 radical (unpaired) electrons. The number of hydrogen-bond donors (Lipinski definition) is 1. The van der Waals surface area contributed by atoms with Gasteiger partial charge in [0.1, 0.15) is 0 Å². The quantitative estimate of drug-likeness (QED) is 0.586. The molecule has 0 unspecified atom stereocenters. The minimum absolute atomic E-state index is 0.242. The van der Waals surface area contributed by atoms with Gasteiger partial charge in [-0.1, -0.05) is 23.8 Å². The Kier molecular flexibility index (Phi) is 5.75. The molecular formula is C22H23N7O3. The van der Waals surface area contributed by atoms with Crippen LogP contribution in [-0.2, 0) is 11.3 Å². The molecule has 0 atom stereocenters. The van der Waals surface area contributed by atoms with E-state index in [0.29, 0.717) is 44.7 Å². The summed E-state index contributed by atoms with van der Waals surface area (Å²) in [5, 5.41) is 11.8. The normalized spacial score (nSPS) is 15.3. The van der Waals surface area contributed by atoms with Crippen LogP contribution in [0.1, 0.15) is 11.1 Å². The number of benzene rings is 2. The number of fused-ring (bicyclic) bond motifs is 1. The van der Waals surface area contributed by atoms with Crippen molar-refractivity contribution in [3.63, 3.8) is 0 Å². The predicted molar refractivity (Wildman–Crippen MR) is 118 cm³/mol. The van der Waals surface area contributed by atoms with Gasteiger partial charge in [0.15, 0.2) is 11.5 Å². The van der Waals surface area contributed by atoms with Gasteiger partial charge in [-0.15, -0.1) is 5.11 Å². The molecule has 1 fully saturated rings. The summed E-state index contributed by atoms with van der Waals surface area (Å²) in [5.74, 6) is 2.68.